The van der Waals surface area contributed by atoms with Crippen LogP contribution in [0.2, 0.25) is 0 Å². The van der Waals surface area contributed by atoms with Crippen LogP contribution in [0.5, 0.6) is 0 Å². The summed E-state index contributed by atoms with van der Waals surface area (Å²) < 4.78 is 8.66. The van der Waals surface area contributed by atoms with Crippen LogP contribution in [0, 0.1) is 0 Å². The van der Waals surface area contributed by atoms with Gasteiger partial charge in [-0.2, -0.15) is 11.8 Å². The Kier molecular flexibility index (Phi) is 15.6. The maximum absolute atomic E-state index is 10.1. The largest absolute Gasteiger partial charge is 2.00 e. The fraction of sp³-hybridized carbons (Fsp3) is 0.800. The fourth-order valence-electron chi connectivity index (χ4n) is 0.368. The van der Waals surface area contributed by atoms with Crippen molar-refractivity contribution in [2.45, 2.75) is 12.5 Å². The van der Waals surface area contributed by atoms with Crippen LogP contribution in [0.3, 0.4) is 0 Å². The van der Waals surface area contributed by atoms with Crippen molar-refractivity contribution in [1.29, 1.82) is 0 Å². The fourth-order valence-corrected chi connectivity index (χ4v) is 0.858. The molecule has 0 aromatic carbocycles. The second-order valence-corrected chi connectivity index (χ2v) is 4.12. The van der Waals surface area contributed by atoms with E-state index in [2.05, 4.69) is 0 Å². The van der Waals surface area contributed by atoms with Gasteiger partial charge in [-0.3, -0.25) is 4.79 Å². The predicted molar refractivity (Wildman–Crippen MR) is 54.2 cm³/mol. The Morgan fingerprint density at radius 2 is 1.93 bits per heavy atom. The Morgan fingerprint density at radius 3 is 2.13 bits per heavy atom. The standard InChI is InChI=1S/C5H11NO2S.Mg.H3O4P/c1-9-3-2-4(6)5(7)8;;1-5(2,3)4/h4H,2-3,6H2,1H3,(H,7,8);;(H3,1,2,3,4)/q;+2;/p-2. The van der Waals surface area contributed by atoms with Crippen molar-refractivity contribution in [1.82, 2.24) is 0 Å². The molecule has 7 nitrogen and oxygen atoms in total. The molecule has 0 bridgehead atoms. The minimum atomic E-state index is -5.14. The third kappa shape index (κ3) is 31.3. The van der Waals surface area contributed by atoms with Gasteiger partial charge in [0.2, 0.25) is 0 Å². The van der Waals surface area contributed by atoms with E-state index in [1.54, 1.807) is 11.8 Å². The van der Waals surface area contributed by atoms with Gasteiger partial charge in [0.1, 0.15) is 6.04 Å². The molecule has 0 aliphatic heterocycles. The van der Waals surface area contributed by atoms with Gasteiger partial charge in [0.05, 0.1) is 7.82 Å². The monoisotopic (exact) mass is 269 g/mol. The second kappa shape index (κ2) is 11.2. The van der Waals surface area contributed by atoms with Crippen molar-refractivity contribution in [3.8, 4) is 0 Å². The van der Waals surface area contributed by atoms with E-state index in [9.17, 15) is 4.79 Å². The molecule has 0 heterocycles. The normalized spacial score (nSPS) is 11.8. The first kappa shape index (κ1) is 21.0. The van der Waals surface area contributed by atoms with Gasteiger partial charge in [-0.25, -0.2) is 0 Å². The summed E-state index contributed by atoms with van der Waals surface area (Å²) in [6.45, 7) is 0. The molecule has 4 N–H and O–H groups in total. The van der Waals surface area contributed by atoms with E-state index in [4.69, 9.17) is 30.1 Å². The second-order valence-electron chi connectivity index (χ2n) is 2.19. The number of aliphatic carboxylic acids is 1. The molecule has 0 saturated carbocycles. The van der Waals surface area contributed by atoms with Crippen LogP contribution in [0.1, 0.15) is 6.42 Å². The third-order valence-corrected chi connectivity index (χ3v) is 1.59. The molecule has 1 unspecified atom stereocenters. The molecular formula is C5H12MgNO6PS. The first-order valence-electron chi connectivity index (χ1n) is 3.40. The number of thioether (sulfide) groups is 1. The summed E-state index contributed by atoms with van der Waals surface area (Å²) in [5, 5.41) is 8.27. The van der Waals surface area contributed by atoms with Crippen molar-refractivity contribution in [3.63, 3.8) is 0 Å². The number of carboxylic acid groups (broad SMARTS) is 1. The number of hydrogen-bond donors (Lipinski definition) is 3. The summed E-state index contributed by atoms with van der Waals surface area (Å²) in [4.78, 5) is 34.4. The number of phosphoric acid groups is 1. The summed E-state index contributed by atoms with van der Waals surface area (Å²) in [7, 11) is -5.14. The molecular weight excluding hydrogens is 257 g/mol. The molecule has 1 atom stereocenters. The van der Waals surface area contributed by atoms with Crippen LogP contribution in [-0.4, -0.2) is 57.1 Å². The Labute approximate surface area is 108 Å². The van der Waals surface area contributed by atoms with Gasteiger partial charge >= 0.3 is 29.0 Å². The third-order valence-electron chi connectivity index (χ3n) is 0.950. The van der Waals surface area contributed by atoms with E-state index in [0.29, 0.717) is 6.42 Å². The molecule has 0 saturated heterocycles. The van der Waals surface area contributed by atoms with Crippen LogP contribution < -0.4 is 15.5 Å². The average molecular weight is 269 g/mol. The van der Waals surface area contributed by atoms with Crippen molar-refractivity contribution in [2.75, 3.05) is 12.0 Å². The quantitative estimate of drug-likeness (QED) is 0.377. The van der Waals surface area contributed by atoms with E-state index in [1.807, 2.05) is 6.26 Å². The van der Waals surface area contributed by atoms with Crippen LogP contribution in [-0.2, 0) is 9.36 Å². The van der Waals surface area contributed by atoms with E-state index in [-0.39, 0.29) is 23.1 Å². The first-order chi connectivity index (χ1) is 6.18. The molecule has 0 fully saturated rings. The van der Waals surface area contributed by atoms with Crippen molar-refractivity contribution in [2.24, 2.45) is 5.73 Å². The van der Waals surface area contributed by atoms with E-state index >= 15 is 0 Å². The van der Waals surface area contributed by atoms with Gasteiger partial charge in [-0.1, -0.05) is 0 Å². The molecule has 0 aromatic heterocycles. The molecule has 86 valence electrons. The molecule has 0 spiro atoms. The molecule has 0 amide bonds. The van der Waals surface area contributed by atoms with E-state index in [0.717, 1.165) is 5.75 Å². The number of carboxylic acids is 1. The van der Waals surface area contributed by atoms with Gasteiger partial charge in [-0.15, -0.1) is 0 Å². The van der Waals surface area contributed by atoms with Gasteiger partial charge in [-0.05, 0) is 18.4 Å². The summed E-state index contributed by atoms with van der Waals surface area (Å²) in [6.07, 6.45) is 2.48. The molecule has 0 rings (SSSR count). The Balaban J connectivity index is -0.000000208. The zero-order valence-electron chi connectivity index (χ0n) is 8.16. The van der Waals surface area contributed by atoms with Crippen molar-refractivity contribution >= 4 is 48.6 Å². The topological polar surface area (TPSA) is 147 Å². The first-order valence-corrected chi connectivity index (χ1v) is 6.29. The van der Waals surface area contributed by atoms with Gasteiger partial charge in [0.25, 0.3) is 0 Å². The zero-order chi connectivity index (χ0) is 11.8. The number of rotatable bonds is 4. The van der Waals surface area contributed by atoms with E-state index in [1.165, 1.54) is 0 Å². The minimum Gasteiger partial charge on any atom is -0.790 e. The van der Waals surface area contributed by atoms with Crippen LogP contribution in [0.15, 0.2) is 0 Å². The van der Waals surface area contributed by atoms with E-state index < -0.39 is 19.8 Å². The van der Waals surface area contributed by atoms with Crippen LogP contribution >= 0.6 is 19.6 Å². The minimum absolute atomic E-state index is 0. The predicted octanol–water partition coefficient (Wildman–Crippen LogP) is -2.42. The van der Waals surface area contributed by atoms with Gasteiger partial charge in [0, 0.05) is 0 Å². The molecule has 15 heavy (non-hydrogen) atoms. The Morgan fingerprint density at radius 1 is 1.60 bits per heavy atom. The molecule has 0 aromatic rings. The summed E-state index contributed by atoms with van der Waals surface area (Å²) in [6, 6.07) is -0.683. The van der Waals surface area contributed by atoms with Crippen LogP contribution in [0.25, 0.3) is 0 Å². The SMILES string of the molecule is CSCCC(N)C(=O)O.O=P([O-])([O-])O.[Mg+2]. The van der Waals surface area contributed by atoms with Gasteiger partial charge < -0.3 is 30.1 Å². The summed E-state index contributed by atoms with van der Waals surface area (Å²) >= 11 is 1.60. The summed E-state index contributed by atoms with van der Waals surface area (Å²) in [5.41, 5.74) is 5.19. The van der Waals surface area contributed by atoms with Crippen LogP contribution in [0.4, 0.5) is 0 Å². The average Bonchev–Trinajstić information content (AvgIpc) is 1.96. The number of nitrogens with two attached hydrogens (primary N) is 1. The Hall–Kier alpha value is 0.656. The number of hydrogen-bond acceptors (Lipinski definition) is 6. The van der Waals surface area contributed by atoms with Crippen molar-refractivity contribution in [3.05, 3.63) is 0 Å². The number of carbonyl (C=O) groups is 1. The summed E-state index contributed by atoms with van der Waals surface area (Å²) in [5.74, 6) is -0.1000. The smallest absolute Gasteiger partial charge is 0.790 e. The van der Waals surface area contributed by atoms with Gasteiger partial charge in [0.15, 0.2) is 0 Å². The molecule has 0 radical (unpaired) electrons. The Bertz CT molecular complexity index is 203. The molecule has 0 aliphatic carbocycles. The maximum atomic E-state index is 10.1. The molecule has 10 heteroatoms. The maximum Gasteiger partial charge on any atom is 2.00 e. The molecule has 0 aliphatic rings. The zero-order valence-corrected chi connectivity index (χ0v) is 11.3. The van der Waals surface area contributed by atoms with Crippen molar-refractivity contribution < 1.29 is 29.1 Å².